The van der Waals surface area contributed by atoms with E-state index >= 15 is 0 Å². The molecule has 128 valence electrons. The summed E-state index contributed by atoms with van der Waals surface area (Å²) in [5.41, 5.74) is 2.84. The molecule has 5 heteroatoms. The molecule has 2 N–H and O–H groups in total. The first-order valence-electron chi connectivity index (χ1n) is 8.32. The van der Waals surface area contributed by atoms with Crippen LogP contribution in [0.2, 0.25) is 0 Å². The molecule has 0 saturated carbocycles. The molecule has 5 nitrogen and oxygen atoms in total. The smallest absolute Gasteiger partial charge is 0.293 e. The summed E-state index contributed by atoms with van der Waals surface area (Å²) in [6.07, 6.45) is 2.50. The quantitative estimate of drug-likeness (QED) is 0.726. The van der Waals surface area contributed by atoms with E-state index < -0.39 is 6.10 Å². The van der Waals surface area contributed by atoms with E-state index in [2.05, 4.69) is 10.3 Å². The van der Waals surface area contributed by atoms with E-state index in [0.29, 0.717) is 6.54 Å². The fraction of sp³-hybridized carbons (Fsp3) is 0.200. The van der Waals surface area contributed by atoms with Crippen molar-refractivity contribution >= 4 is 5.82 Å². The van der Waals surface area contributed by atoms with E-state index in [9.17, 15) is 9.90 Å². The molecule has 25 heavy (non-hydrogen) atoms. The van der Waals surface area contributed by atoms with Crippen LogP contribution in [0.25, 0.3) is 11.1 Å². The second-order valence-electron chi connectivity index (χ2n) is 5.75. The second-order valence-corrected chi connectivity index (χ2v) is 5.75. The summed E-state index contributed by atoms with van der Waals surface area (Å²) >= 11 is 0. The molecule has 0 aliphatic rings. The predicted octanol–water partition coefficient (Wildman–Crippen LogP) is 3.08. The summed E-state index contributed by atoms with van der Waals surface area (Å²) in [5, 5.41) is 13.3. The predicted molar refractivity (Wildman–Crippen MR) is 99.5 cm³/mol. The number of aliphatic hydroxyl groups excluding tert-OH is 1. The molecular formula is C20H21N3O2. The molecule has 0 aliphatic heterocycles. The fourth-order valence-corrected chi connectivity index (χ4v) is 2.66. The van der Waals surface area contributed by atoms with Gasteiger partial charge >= 0.3 is 0 Å². The summed E-state index contributed by atoms with van der Waals surface area (Å²) in [4.78, 5) is 16.2. The van der Waals surface area contributed by atoms with Gasteiger partial charge in [-0.05, 0) is 23.6 Å². The zero-order chi connectivity index (χ0) is 17.6. The molecule has 0 fully saturated rings. The van der Waals surface area contributed by atoms with Crippen molar-refractivity contribution in [1.29, 1.82) is 0 Å². The van der Waals surface area contributed by atoms with E-state index in [1.54, 1.807) is 17.0 Å². The number of rotatable bonds is 6. The molecule has 1 aromatic heterocycles. The van der Waals surface area contributed by atoms with E-state index in [-0.39, 0.29) is 17.9 Å². The molecule has 0 aliphatic carbocycles. The topological polar surface area (TPSA) is 67.2 Å². The number of aryl methyl sites for hydroxylation is 1. The largest absolute Gasteiger partial charge is 0.387 e. The lowest BCUT2D eigenvalue weighted by atomic mass is 10.0. The van der Waals surface area contributed by atoms with E-state index in [0.717, 1.165) is 16.7 Å². The number of nitrogens with one attached hydrogen (secondary N) is 1. The fourth-order valence-electron chi connectivity index (χ4n) is 2.66. The molecule has 0 radical (unpaired) electrons. The summed E-state index contributed by atoms with van der Waals surface area (Å²) < 4.78 is 1.57. The van der Waals surface area contributed by atoms with Crippen molar-refractivity contribution in [2.75, 3.05) is 11.9 Å². The van der Waals surface area contributed by atoms with Gasteiger partial charge in [-0.3, -0.25) is 4.79 Å². The highest BCUT2D eigenvalue weighted by Gasteiger charge is 2.10. The average Bonchev–Trinajstić information content (AvgIpc) is 2.68. The third-order valence-corrected chi connectivity index (χ3v) is 4.12. The van der Waals surface area contributed by atoms with Crippen LogP contribution in [0.3, 0.4) is 0 Å². The van der Waals surface area contributed by atoms with Gasteiger partial charge in [-0.15, -0.1) is 0 Å². The molecule has 3 rings (SSSR count). The lowest BCUT2D eigenvalue weighted by Gasteiger charge is -2.13. The van der Waals surface area contributed by atoms with Crippen molar-refractivity contribution in [3.05, 3.63) is 82.9 Å². The molecule has 3 aromatic rings. The first-order valence-corrected chi connectivity index (χ1v) is 8.32. The SMILES string of the molecule is CCn1ccnc(NCC(O)c2ccc(-c3ccccc3)cc2)c1=O. The Hall–Kier alpha value is -2.92. The highest BCUT2D eigenvalue weighted by Crippen LogP contribution is 2.21. The van der Waals surface area contributed by atoms with Gasteiger partial charge < -0.3 is 15.0 Å². The van der Waals surface area contributed by atoms with Gasteiger partial charge in [-0.2, -0.15) is 0 Å². The molecule has 0 saturated heterocycles. The summed E-state index contributed by atoms with van der Waals surface area (Å²) in [6.45, 7) is 2.70. The van der Waals surface area contributed by atoms with Crippen LogP contribution in [0.4, 0.5) is 5.82 Å². The maximum absolute atomic E-state index is 12.1. The third kappa shape index (κ3) is 3.95. The van der Waals surface area contributed by atoms with Gasteiger partial charge in [0.1, 0.15) is 0 Å². The van der Waals surface area contributed by atoms with Crippen molar-refractivity contribution in [3.63, 3.8) is 0 Å². The van der Waals surface area contributed by atoms with Gasteiger partial charge in [0.15, 0.2) is 5.82 Å². The summed E-state index contributed by atoms with van der Waals surface area (Å²) in [6, 6.07) is 17.8. The number of benzene rings is 2. The Morgan fingerprint density at radius 2 is 1.76 bits per heavy atom. The number of nitrogens with zero attached hydrogens (tertiary/aromatic N) is 2. The lowest BCUT2D eigenvalue weighted by molar-refractivity contribution is 0.191. The Balaban J connectivity index is 1.68. The molecule has 0 amide bonds. The molecule has 1 unspecified atom stereocenters. The van der Waals surface area contributed by atoms with Crippen molar-refractivity contribution in [2.45, 2.75) is 19.6 Å². The molecule has 1 atom stereocenters. The zero-order valence-corrected chi connectivity index (χ0v) is 14.1. The Labute approximate surface area is 146 Å². The van der Waals surface area contributed by atoms with Crippen molar-refractivity contribution in [3.8, 4) is 11.1 Å². The van der Waals surface area contributed by atoms with Crippen LogP contribution in [0.1, 0.15) is 18.6 Å². The Kier molecular flexibility index (Phi) is 5.26. The highest BCUT2D eigenvalue weighted by molar-refractivity contribution is 5.63. The van der Waals surface area contributed by atoms with Gasteiger partial charge in [-0.1, -0.05) is 54.6 Å². The molecular weight excluding hydrogens is 314 g/mol. The number of anilines is 1. The standard InChI is InChI=1S/C20H21N3O2/c1-2-23-13-12-21-19(20(23)25)22-14-18(24)17-10-8-16(9-11-17)15-6-4-3-5-7-15/h3-13,18,24H,2,14H2,1H3,(H,21,22). The van der Waals surface area contributed by atoms with Crippen LogP contribution in [0.5, 0.6) is 0 Å². The number of hydrogen-bond acceptors (Lipinski definition) is 4. The second kappa shape index (κ2) is 7.77. The molecule has 0 bridgehead atoms. The monoisotopic (exact) mass is 335 g/mol. The minimum atomic E-state index is -0.721. The maximum atomic E-state index is 12.1. The van der Waals surface area contributed by atoms with Crippen LogP contribution in [0.15, 0.2) is 71.8 Å². The molecule has 2 aromatic carbocycles. The Bertz CT molecular complexity index is 873. The number of hydrogen-bond donors (Lipinski definition) is 2. The number of aromatic nitrogens is 2. The Morgan fingerprint density at radius 3 is 2.44 bits per heavy atom. The minimum absolute atomic E-state index is 0.184. The van der Waals surface area contributed by atoms with Gasteiger partial charge in [0.25, 0.3) is 5.56 Å². The van der Waals surface area contributed by atoms with Gasteiger partial charge in [0, 0.05) is 25.5 Å². The van der Waals surface area contributed by atoms with Crippen LogP contribution in [-0.2, 0) is 6.54 Å². The van der Waals surface area contributed by atoms with Crippen LogP contribution in [0, 0.1) is 0 Å². The van der Waals surface area contributed by atoms with Crippen molar-refractivity contribution in [2.24, 2.45) is 0 Å². The average molecular weight is 335 g/mol. The van der Waals surface area contributed by atoms with Gasteiger partial charge in [-0.25, -0.2) is 4.98 Å². The van der Waals surface area contributed by atoms with Crippen LogP contribution >= 0.6 is 0 Å². The molecule has 0 spiro atoms. The van der Waals surface area contributed by atoms with E-state index in [4.69, 9.17) is 0 Å². The normalized spacial score (nSPS) is 11.9. The van der Waals surface area contributed by atoms with Crippen LogP contribution in [-0.4, -0.2) is 21.2 Å². The minimum Gasteiger partial charge on any atom is -0.387 e. The highest BCUT2D eigenvalue weighted by atomic mass is 16.3. The zero-order valence-electron chi connectivity index (χ0n) is 14.1. The van der Waals surface area contributed by atoms with E-state index in [1.807, 2.05) is 61.5 Å². The third-order valence-electron chi connectivity index (χ3n) is 4.12. The van der Waals surface area contributed by atoms with Gasteiger partial charge in [0.05, 0.1) is 6.10 Å². The van der Waals surface area contributed by atoms with Gasteiger partial charge in [0.2, 0.25) is 0 Å². The van der Waals surface area contributed by atoms with Crippen LogP contribution < -0.4 is 10.9 Å². The summed E-state index contributed by atoms with van der Waals surface area (Å²) in [7, 11) is 0. The number of aliphatic hydroxyl groups is 1. The first-order chi connectivity index (χ1) is 12.2. The van der Waals surface area contributed by atoms with Crippen molar-refractivity contribution < 1.29 is 5.11 Å². The Morgan fingerprint density at radius 1 is 1.08 bits per heavy atom. The van der Waals surface area contributed by atoms with E-state index in [1.165, 1.54) is 0 Å². The lowest BCUT2D eigenvalue weighted by Crippen LogP contribution is -2.25. The first kappa shape index (κ1) is 16.9. The molecule has 1 heterocycles. The van der Waals surface area contributed by atoms with Crippen molar-refractivity contribution in [1.82, 2.24) is 9.55 Å². The summed E-state index contributed by atoms with van der Waals surface area (Å²) in [5.74, 6) is 0.254. The maximum Gasteiger partial charge on any atom is 0.293 e.